The van der Waals surface area contributed by atoms with Crippen LogP contribution < -0.4 is 31.6 Å². The highest BCUT2D eigenvalue weighted by Crippen LogP contribution is 2.38. The molecule has 8 rings (SSSR count). The number of benzene rings is 2. The van der Waals surface area contributed by atoms with Crippen LogP contribution in [0.5, 0.6) is 11.5 Å². The molecule has 6 heterocycles. The van der Waals surface area contributed by atoms with Crippen molar-refractivity contribution in [1.29, 1.82) is 0 Å². The maximum atomic E-state index is 13.7. The fourth-order valence-corrected chi connectivity index (χ4v) is 7.80. The Morgan fingerprint density at radius 2 is 1.15 bits per heavy atom. The number of aryl methyl sites for hydroxylation is 6. The maximum Gasteiger partial charge on any atom is 0.295 e. The van der Waals surface area contributed by atoms with Gasteiger partial charge in [-0.05, 0) is 70.7 Å². The Bertz CT molecular complexity index is 2670. The molecule has 0 unspecified atom stereocenters. The molecule has 0 radical (unpaired) electrons. The number of hydrogen-bond acceptors (Lipinski definition) is 14. The van der Waals surface area contributed by atoms with Crippen LogP contribution in [0, 0.1) is 19.3 Å². The van der Waals surface area contributed by atoms with Crippen LogP contribution in [0.3, 0.4) is 0 Å². The molecule has 350 valence electrons. The summed E-state index contributed by atoms with van der Waals surface area (Å²) in [5.74, 6) is -0.917. The molecule has 2 aliphatic rings. The lowest BCUT2D eigenvalue weighted by molar-refractivity contribution is -0.134. The van der Waals surface area contributed by atoms with E-state index in [0.29, 0.717) is 84.0 Å². The van der Waals surface area contributed by atoms with E-state index in [0.717, 1.165) is 6.41 Å². The predicted octanol–water partition coefficient (Wildman–Crippen LogP) is 4.95. The molecule has 5 amide bonds. The molecule has 0 aliphatic carbocycles. The summed E-state index contributed by atoms with van der Waals surface area (Å²) in [7, 11) is 1.71. The molecule has 2 aliphatic heterocycles. The van der Waals surface area contributed by atoms with Gasteiger partial charge in [-0.2, -0.15) is 0 Å². The first-order valence-electron chi connectivity index (χ1n) is 21.6. The van der Waals surface area contributed by atoms with Gasteiger partial charge in [0.15, 0.2) is 11.8 Å². The van der Waals surface area contributed by atoms with E-state index in [9.17, 15) is 24.0 Å². The summed E-state index contributed by atoms with van der Waals surface area (Å²) in [6.45, 7) is 14.2. The predicted molar refractivity (Wildman–Crippen MR) is 241 cm³/mol. The summed E-state index contributed by atoms with van der Waals surface area (Å²) in [6.07, 6.45) is 2.60. The molecule has 1 saturated heterocycles. The van der Waals surface area contributed by atoms with Gasteiger partial charge in [-0.25, -0.2) is 19.9 Å². The van der Waals surface area contributed by atoms with E-state index in [1.54, 1.807) is 35.0 Å². The maximum absolute atomic E-state index is 13.7. The minimum atomic E-state index is -0.781. The molecule has 66 heavy (non-hydrogen) atoms. The number of nitrogens with zero attached hydrogens (tertiary/aromatic N) is 7. The Kier molecular flexibility index (Phi) is 13.2. The van der Waals surface area contributed by atoms with Crippen LogP contribution in [-0.2, 0) is 35.5 Å². The van der Waals surface area contributed by atoms with Crippen molar-refractivity contribution in [3.05, 3.63) is 70.1 Å². The molecule has 1 fully saturated rings. The Balaban J connectivity index is 0.00000101. The average Bonchev–Trinajstić information content (AvgIpc) is 4.03. The van der Waals surface area contributed by atoms with Crippen molar-refractivity contribution in [2.75, 3.05) is 44.0 Å². The molecule has 2 aromatic carbocycles. The van der Waals surface area contributed by atoms with Gasteiger partial charge in [0.1, 0.15) is 35.7 Å². The lowest BCUT2D eigenvalue weighted by Crippen LogP contribution is -2.61. The number of imidazole rings is 2. The summed E-state index contributed by atoms with van der Waals surface area (Å²) in [6, 6.07) is 6.11. The number of likely N-dealkylation sites (tertiary alicyclic amines) is 1. The second-order valence-electron chi connectivity index (χ2n) is 17.3. The van der Waals surface area contributed by atoms with Gasteiger partial charge in [0.05, 0.1) is 33.4 Å². The first kappa shape index (κ1) is 46.7. The zero-order valence-corrected chi connectivity index (χ0v) is 38.3. The number of carbonyl (C=O) groups is 5. The quantitative estimate of drug-likeness (QED) is 0.140. The first-order valence-corrected chi connectivity index (χ1v) is 21.6. The van der Waals surface area contributed by atoms with E-state index in [4.69, 9.17) is 44.5 Å². The molecular weight excluding hydrogens is 855 g/mol. The Morgan fingerprint density at radius 3 is 1.50 bits per heavy atom. The number of anilines is 2. The normalized spacial score (nSPS) is 14.8. The molecule has 6 aromatic rings. The molecule has 0 bridgehead atoms. The highest BCUT2D eigenvalue weighted by Gasteiger charge is 2.45. The topological polar surface area (TPSA) is 280 Å². The third-order valence-corrected chi connectivity index (χ3v) is 11.2. The highest BCUT2D eigenvalue weighted by molar-refractivity contribution is 6.05. The Morgan fingerprint density at radius 1 is 0.742 bits per heavy atom. The van der Waals surface area contributed by atoms with Crippen molar-refractivity contribution < 1.29 is 47.0 Å². The lowest BCUT2D eigenvalue weighted by Gasteiger charge is -2.47. The van der Waals surface area contributed by atoms with E-state index in [2.05, 4.69) is 20.6 Å². The number of nitrogens with one attached hydrogen (secondary N) is 2. The van der Waals surface area contributed by atoms with Gasteiger partial charge in [-0.3, -0.25) is 34.6 Å². The van der Waals surface area contributed by atoms with Crippen molar-refractivity contribution >= 4 is 64.0 Å². The SMILES string of the molecule is CCc1nc(C)oc1C(=O)Nc1nc2cc(C(N)=O)cc3c2n1CCCCn1c(NC(=O)c2oc(C)nc2CC)nc2cc(C(N)=O)cc(c21)OCC1(CO3)CN(C=O)C1.COC(C)(C)C. The van der Waals surface area contributed by atoms with Crippen molar-refractivity contribution in [2.45, 2.75) is 92.8 Å². The molecule has 1 spiro atoms. The second-order valence-corrected chi connectivity index (χ2v) is 17.3. The lowest BCUT2D eigenvalue weighted by atomic mass is 9.81. The number of oxazole rings is 2. The Hall–Kier alpha value is -7.29. The van der Waals surface area contributed by atoms with Crippen LogP contribution in [0.15, 0.2) is 33.1 Å². The minimum Gasteiger partial charge on any atom is -0.490 e. The van der Waals surface area contributed by atoms with Gasteiger partial charge in [-0.15, -0.1) is 0 Å². The zero-order chi connectivity index (χ0) is 47.7. The van der Waals surface area contributed by atoms with Gasteiger partial charge < -0.3 is 48.5 Å². The third-order valence-electron chi connectivity index (χ3n) is 11.2. The molecule has 6 N–H and O–H groups in total. The van der Waals surface area contributed by atoms with Crippen LogP contribution in [-0.4, -0.2) is 103 Å². The number of ether oxygens (including phenoxy) is 3. The number of carbonyl (C=O) groups excluding carboxylic acids is 5. The highest BCUT2D eigenvalue weighted by atomic mass is 16.5. The number of methoxy groups -OCH3 is 1. The van der Waals surface area contributed by atoms with E-state index in [1.807, 2.05) is 34.6 Å². The minimum absolute atomic E-state index is 0.00825. The van der Waals surface area contributed by atoms with Crippen molar-refractivity contribution in [3.63, 3.8) is 0 Å². The van der Waals surface area contributed by atoms with Crippen LogP contribution in [0.1, 0.15) is 112 Å². The third kappa shape index (κ3) is 9.70. The Labute approximate surface area is 379 Å². The van der Waals surface area contributed by atoms with Crippen LogP contribution in [0.4, 0.5) is 11.9 Å². The fourth-order valence-electron chi connectivity index (χ4n) is 7.80. The van der Waals surface area contributed by atoms with E-state index in [1.165, 1.54) is 24.3 Å². The van der Waals surface area contributed by atoms with Crippen molar-refractivity contribution in [2.24, 2.45) is 16.9 Å². The average molecular weight is 910 g/mol. The molecule has 21 nitrogen and oxygen atoms in total. The van der Waals surface area contributed by atoms with Gasteiger partial charge in [0, 0.05) is 58.3 Å². The molecular formula is C45H55N11O10. The summed E-state index contributed by atoms with van der Waals surface area (Å²) in [5.41, 5.74) is 13.7. The number of hydrogen-bond donors (Lipinski definition) is 4. The number of primary amides is 2. The molecule has 4 aromatic heterocycles. The van der Waals surface area contributed by atoms with Gasteiger partial charge in [0.2, 0.25) is 41.6 Å². The van der Waals surface area contributed by atoms with Crippen LogP contribution >= 0.6 is 0 Å². The standard InChI is InChI=1S/C40H43N11O9.C5H12O/c1-5-24-32(59-20(3)43-24)36(55)47-38-45-26-11-22(34(41)53)13-28-30(26)50(38)9-7-8-10-51-31-27(46-39(51)48-37(56)33-25(6-2)44-21(4)60-33)12-23(35(42)54)14-29(31)58-18-40(17-57-28)15-49(16-40)19-52;1-5(2,3)6-4/h11-14,19H,5-10,15-18H2,1-4H3,(H2,41,53)(H2,42,54)(H,45,47,55)(H,46,48,56);1-4H3. The first-order chi connectivity index (χ1) is 31.4. The van der Waals surface area contributed by atoms with E-state index < -0.39 is 29.0 Å². The van der Waals surface area contributed by atoms with Crippen molar-refractivity contribution in [1.82, 2.24) is 34.0 Å². The van der Waals surface area contributed by atoms with Gasteiger partial charge in [0.25, 0.3) is 11.8 Å². The molecule has 0 atom stereocenters. The monoisotopic (exact) mass is 909 g/mol. The van der Waals surface area contributed by atoms with Crippen LogP contribution in [0.25, 0.3) is 22.1 Å². The smallest absolute Gasteiger partial charge is 0.295 e. The van der Waals surface area contributed by atoms with Gasteiger partial charge >= 0.3 is 0 Å². The summed E-state index contributed by atoms with van der Waals surface area (Å²) in [4.78, 5) is 84.2. The zero-order valence-electron chi connectivity index (χ0n) is 38.3. The van der Waals surface area contributed by atoms with E-state index in [-0.39, 0.29) is 77.9 Å². The van der Waals surface area contributed by atoms with Gasteiger partial charge in [-0.1, -0.05) is 13.8 Å². The number of rotatable bonds is 9. The molecule has 21 heteroatoms. The summed E-state index contributed by atoms with van der Waals surface area (Å²) in [5, 5.41) is 5.77. The van der Waals surface area contributed by atoms with E-state index >= 15 is 0 Å². The largest absolute Gasteiger partial charge is 0.490 e. The fraction of sp³-hybridized carbons (Fsp3) is 0.444. The summed E-state index contributed by atoms with van der Waals surface area (Å²) >= 11 is 0. The van der Waals surface area contributed by atoms with Crippen molar-refractivity contribution in [3.8, 4) is 11.5 Å². The molecule has 0 saturated carbocycles. The number of aromatic nitrogens is 6. The van der Waals surface area contributed by atoms with Crippen LogP contribution in [0.2, 0.25) is 0 Å². The summed E-state index contributed by atoms with van der Waals surface area (Å²) < 4.78 is 33.0. The number of amides is 5. The number of nitrogens with two attached hydrogens (primary N) is 2. The second kappa shape index (κ2) is 18.7.